The van der Waals surface area contributed by atoms with Gasteiger partial charge in [-0.05, 0) is 42.0 Å². The zero-order valence-corrected chi connectivity index (χ0v) is 18.0. The van der Waals surface area contributed by atoms with Gasteiger partial charge < -0.3 is 20.5 Å². The van der Waals surface area contributed by atoms with Crippen LogP contribution < -0.4 is 10.6 Å². The summed E-state index contributed by atoms with van der Waals surface area (Å²) in [5.41, 5.74) is 4.53. The van der Waals surface area contributed by atoms with Gasteiger partial charge in [-0.25, -0.2) is 9.59 Å². The summed E-state index contributed by atoms with van der Waals surface area (Å²) < 4.78 is 5.48. The maximum Gasteiger partial charge on any atom is 0.407 e. The molecule has 32 heavy (non-hydrogen) atoms. The van der Waals surface area contributed by atoms with Crippen LogP contribution >= 0.6 is 0 Å². The van der Waals surface area contributed by atoms with Crippen molar-refractivity contribution in [3.8, 4) is 11.1 Å². The Balaban J connectivity index is 1.51. The lowest BCUT2D eigenvalue weighted by Crippen LogP contribution is -2.44. The van der Waals surface area contributed by atoms with Crippen LogP contribution in [0, 0.1) is 0 Å². The molecular formula is C25H28N2O5. The lowest BCUT2D eigenvalue weighted by atomic mass is 9.98. The van der Waals surface area contributed by atoms with Crippen molar-refractivity contribution in [2.24, 2.45) is 0 Å². The molecule has 2 aromatic carbocycles. The first-order valence-electron chi connectivity index (χ1n) is 10.6. The van der Waals surface area contributed by atoms with Gasteiger partial charge in [0.15, 0.2) is 0 Å². The Labute approximate surface area is 187 Å². The Kier molecular flexibility index (Phi) is 7.65. The second kappa shape index (κ2) is 10.6. The third-order valence-electron chi connectivity index (χ3n) is 5.49. The van der Waals surface area contributed by atoms with Crippen molar-refractivity contribution >= 4 is 18.0 Å². The van der Waals surface area contributed by atoms with Crippen LogP contribution in [-0.4, -0.2) is 41.8 Å². The van der Waals surface area contributed by atoms with Crippen LogP contribution in [0.2, 0.25) is 0 Å². The fraction of sp³-hybridized carbons (Fsp3) is 0.320. The summed E-state index contributed by atoms with van der Waals surface area (Å²) in [5.74, 6) is -1.60. The van der Waals surface area contributed by atoms with Crippen molar-refractivity contribution in [1.29, 1.82) is 0 Å². The number of carbonyl (C=O) groups excluding carboxylic acids is 2. The molecule has 168 valence electrons. The summed E-state index contributed by atoms with van der Waals surface area (Å²) in [6.07, 6.45) is 1.67. The second-order valence-electron chi connectivity index (χ2n) is 7.90. The molecule has 0 aliphatic heterocycles. The van der Waals surface area contributed by atoms with Gasteiger partial charge in [-0.1, -0.05) is 54.6 Å². The van der Waals surface area contributed by atoms with Gasteiger partial charge in [-0.3, -0.25) is 4.79 Å². The highest BCUT2D eigenvalue weighted by Gasteiger charge is 2.29. The molecule has 7 heteroatoms. The molecule has 3 rings (SSSR count). The van der Waals surface area contributed by atoms with Gasteiger partial charge in [0.05, 0.1) is 0 Å². The van der Waals surface area contributed by atoms with Crippen LogP contribution in [0.4, 0.5) is 4.79 Å². The molecule has 0 aromatic heterocycles. The number of fused-ring (bicyclic) bond motifs is 3. The van der Waals surface area contributed by atoms with E-state index >= 15 is 0 Å². The van der Waals surface area contributed by atoms with Gasteiger partial charge in [-0.2, -0.15) is 0 Å². The van der Waals surface area contributed by atoms with Crippen LogP contribution in [0.25, 0.3) is 11.1 Å². The number of nitrogens with one attached hydrogen (secondary N) is 2. The number of hydrogen-bond donors (Lipinski definition) is 3. The van der Waals surface area contributed by atoms with Gasteiger partial charge in [0.25, 0.3) is 0 Å². The van der Waals surface area contributed by atoms with E-state index in [2.05, 4.69) is 29.3 Å². The highest BCUT2D eigenvalue weighted by atomic mass is 16.5. The van der Waals surface area contributed by atoms with E-state index in [1.807, 2.05) is 36.4 Å². The number of allylic oxidation sites excluding steroid dienone is 1. The van der Waals surface area contributed by atoms with Crippen LogP contribution in [0.3, 0.4) is 0 Å². The van der Waals surface area contributed by atoms with E-state index in [9.17, 15) is 19.5 Å². The van der Waals surface area contributed by atoms with Crippen molar-refractivity contribution in [2.75, 3.05) is 6.61 Å². The number of carbonyl (C=O) groups is 3. The lowest BCUT2D eigenvalue weighted by molar-refractivity contribution is -0.142. The standard InChI is InChI=1S/C25H28N2O5/c1-3-4-13-22(24(29)30)27-23(28)14-16(2)26-25(31)32-15-21-19-11-7-5-9-17(19)18-10-6-8-12-20(18)21/h3,5-12,16,21-22H,1,4,13-15H2,2H3,(H,26,31)(H,27,28)(H,29,30)/t16-,22?/m0/s1. The van der Waals surface area contributed by atoms with Crippen molar-refractivity contribution in [3.05, 3.63) is 72.3 Å². The van der Waals surface area contributed by atoms with Crippen LogP contribution in [0.1, 0.15) is 43.2 Å². The molecule has 0 bridgehead atoms. The number of ether oxygens (including phenoxy) is 1. The summed E-state index contributed by atoms with van der Waals surface area (Å²) in [4.78, 5) is 35.7. The monoisotopic (exact) mass is 436 g/mol. The minimum absolute atomic E-state index is 0.0482. The summed E-state index contributed by atoms with van der Waals surface area (Å²) in [7, 11) is 0. The normalized spacial score (nSPS) is 13.9. The molecule has 2 amide bonds. The Morgan fingerprint density at radius 2 is 1.66 bits per heavy atom. The van der Waals surface area contributed by atoms with Gasteiger partial charge in [0.2, 0.25) is 5.91 Å². The first-order valence-corrected chi connectivity index (χ1v) is 10.6. The Morgan fingerprint density at radius 1 is 1.06 bits per heavy atom. The molecule has 3 N–H and O–H groups in total. The lowest BCUT2D eigenvalue weighted by Gasteiger charge is -2.18. The molecular weight excluding hydrogens is 408 g/mol. The molecule has 7 nitrogen and oxygen atoms in total. The average Bonchev–Trinajstić information content (AvgIpc) is 3.08. The number of rotatable bonds is 10. The Bertz CT molecular complexity index is 958. The number of aliphatic carboxylic acids is 1. The van der Waals surface area contributed by atoms with Crippen LogP contribution in [0.5, 0.6) is 0 Å². The Hall–Kier alpha value is -3.61. The molecule has 0 spiro atoms. The fourth-order valence-electron chi connectivity index (χ4n) is 3.97. The van der Waals surface area contributed by atoms with Crippen molar-refractivity contribution in [2.45, 2.75) is 44.2 Å². The molecule has 0 saturated carbocycles. The second-order valence-corrected chi connectivity index (χ2v) is 7.90. The molecule has 1 aliphatic rings. The maximum atomic E-state index is 12.3. The van der Waals surface area contributed by atoms with Gasteiger partial charge in [0.1, 0.15) is 12.6 Å². The van der Waals surface area contributed by atoms with Gasteiger partial charge in [-0.15, -0.1) is 6.58 Å². The van der Waals surface area contributed by atoms with Crippen molar-refractivity contribution < 1.29 is 24.2 Å². The number of amides is 2. The summed E-state index contributed by atoms with van der Waals surface area (Å²) >= 11 is 0. The number of hydrogen-bond acceptors (Lipinski definition) is 4. The van der Waals surface area contributed by atoms with E-state index < -0.39 is 30.1 Å². The Morgan fingerprint density at radius 3 is 2.22 bits per heavy atom. The highest BCUT2D eigenvalue weighted by Crippen LogP contribution is 2.44. The minimum atomic E-state index is -1.10. The van der Waals surface area contributed by atoms with E-state index in [4.69, 9.17) is 4.74 Å². The third-order valence-corrected chi connectivity index (χ3v) is 5.49. The van der Waals surface area contributed by atoms with E-state index in [-0.39, 0.29) is 25.4 Å². The summed E-state index contributed by atoms with van der Waals surface area (Å²) in [6.45, 7) is 5.41. The molecule has 2 atom stereocenters. The van der Waals surface area contributed by atoms with Crippen molar-refractivity contribution in [3.63, 3.8) is 0 Å². The first kappa shape index (κ1) is 23.1. The first-order chi connectivity index (χ1) is 15.4. The smallest absolute Gasteiger partial charge is 0.407 e. The largest absolute Gasteiger partial charge is 0.480 e. The number of carboxylic acids is 1. The summed E-state index contributed by atoms with van der Waals surface area (Å²) in [6, 6.07) is 14.6. The van der Waals surface area contributed by atoms with Crippen LogP contribution in [0.15, 0.2) is 61.2 Å². The highest BCUT2D eigenvalue weighted by molar-refractivity contribution is 5.84. The number of alkyl carbamates (subject to hydrolysis) is 1. The fourth-order valence-corrected chi connectivity index (χ4v) is 3.97. The molecule has 0 heterocycles. The minimum Gasteiger partial charge on any atom is -0.480 e. The molecule has 1 aliphatic carbocycles. The third kappa shape index (κ3) is 5.55. The van der Waals surface area contributed by atoms with Crippen molar-refractivity contribution in [1.82, 2.24) is 10.6 Å². The van der Waals surface area contributed by atoms with Gasteiger partial charge in [0, 0.05) is 18.4 Å². The quantitative estimate of drug-likeness (QED) is 0.491. The van der Waals surface area contributed by atoms with E-state index in [1.165, 1.54) is 0 Å². The van der Waals surface area contributed by atoms with Crippen LogP contribution in [-0.2, 0) is 14.3 Å². The number of carboxylic acid groups (broad SMARTS) is 1. The molecule has 2 aromatic rings. The van der Waals surface area contributed by atoms with Gasteiger partial charge >= 0.3 is 12.1 Å². The predicted octanol–water partition coefficient (Wildman–Crippen LogP) is 3.84. The zero-order valence-electron chi connectivity index (χ0n) is 18.0. The molecule has 1 unspecified atom stereocenters. The van der Waals surface area contributed by atoms with E-state index in [0.717, 1.165) is 22.3 Å². The van der Waals surface area contributed by atoms with E-state index in [0.29, 0.717) is 6.42 Å². The zero-order chi connectivity index (χ0) is 23.1. The molecule has 0 fully saturated rings. The topological polar surface area (TPSA) is 105 Å². The molecule has 0 saturated heterocycles. The van der Waals surface area contributed by atoms with E-state index in [1.54, 1.807) is 13.0 Å². The number of benzene rings is 2. The summed E-state index contributed by atoms with van der Waals surface area (Å²) in [5, 5.41) is 14.3. The average molecular weight is 437 g/mol. The molecule has 0 radical (unpaired) electrons. The predicted molar refractivity (Wildman–Crippen MR) is 121 cm³/mol. The SMILES string of the molecule is C=CCCC(NC(=O)C[C@H](C)NC(=O)OCC1c2ccccc2-c2ccccc21)C(=O)O. The maximum absolute atomic E-state index is 12.3.